The van der Waals surface area contributed by atoms with Crippen molar-refractivity contribution in [3.8, 4) is 5.75 Å². The number of ether oxygens (including phenoxy) is 1. The van der Waals surface area contributed by atoms with E-state index in [-0.39, 0.29) is 0 Å². The first kappa shape index (κ1) is 14.1. The number of fused-ring (bicyclic) bond motifs is 1. The quantitative estimate of drug-likeness (QED) is 0.686. The van der Waals surface area contributed by atoms with E-state index in [1.54, 1.807) is 6.20 Å². The van der Waals surface area contributed by atoms with Crippen molar-refractivity contribution in [2.75, 3.05) is 13.6 Å². The Morgan fingerprint density at radius 3 is 3.05 bits per heavy atom. The van der Waals surface area contributed by atoms with Crippen LogP contribution >= 0.6 is 11.3 Å². The highest BCUT2D eigenvalue weighted by atomic mass is 32.1. The van der Waals surface area contributed by atoms with Crippen molar-refractivity contribution in [2.24, 2.45) is 0 Å². The number of hydrogen-bond acceptors (Lipinski definition) is 5. The van der Waals surface area contributed by atoms with Gasteiger partial charge in [-0.15, -0.1) is 11.3 Å². The Balaban J connectivity index is 1.96. The summed E-state index contributed by atoms with van der Waals surface area (Å²) in [6.07, 6.45) is 5.90. The Labute approximate surface area is 126 Å². The average molecular weight is 303 g/mol. The highest BCUT2D eigenvalue weighted by Crippen LogP contribution is 2.33. The number of nitrogens with zero attached hydrogens (tertiary/aromatic N) is 2. The third-order valence-electron chi connectivity index (χ3n) is 3.28. The van der Waals surface area contributed by atoms with E-state index < -0.39 is 5.79 Å². The predicted molar refractivity (Wildman–Crippen MR) is 82.6 cm³/mol. The van der Waals surface area contributed by atoms with Crippen LogP contribution < -0.4 is 10.1 Å². The fourth-order valence-electron chi connectivity index (χ4n) is 2.20. The average Bonchev–Trinajstić information content (AvgIpc) is 3.16. The second-order valence-corrected chi connectivity index (χ2v) is 5.70. The number of imidazole rings is 1. The van der Waals surface area contributed by atoms with Gasteiger partial charge in [-0.25, -0.2) is 4.98 Å². The van der Waals surface area contributed by atoms with Crippen LogP contribution in [0.3, 0.4) is 0 Å². The first-order valence-electron chi connectivity index (χ1n) is 6.74. The molecule has 0 amide bonds. The molecule has 0 aliphatic rings. The number of aromatic nitrogens is 2. The van der Waals surface area contributed by atoms with Crippen LogP contribution in [0.5, 0.6) is 5.75 Å². The summed E-state index contributed by atoms with van der Waals surface area (Å²) in [4.78, 5) is 5.06. The lowest BCUT2D eigenvalue weighted by Gasteiger charge is -2.28. The molecule has 1 atom stereocenters. The molecule has 3 aromatic rings. The summed E-state index contributed by atoms with van der Waals surface area (Å²) >= 11 is 1.48. The monoisotopic (exact) mass is 303 g/mol. The van der Waals surface area contributed by atoms with Crippen LogP contribution in [0.15, 0.2) is 48.2 Å². The molecule has 6 heteroatoms. The Bertz CT molecular complexity index is 711. The predicted octanol–water partition coefficient (Wildman–Crippen LogP) is 2.23. The minimum atomic E-state index is -1.36. The van der Waals surface area contributed by atoms with Crippen molar-refractivity contribution in [1.29, 1.82) is 0 Å². The van der Waals surface area contributed by atoms with E-state index >= 15 is 0 Å². The van der Waals surface area contributed by atoms with Crippen LogP contribution in [0.4, 0.5) is 0 Å². The van der Waals surface area contributed by atoms with Crippen molar-refractivity contribution in [2.45, 2.75) is 12.2 Å². The molecule has 0 aliphatic carbocycles. The summed E-state index contributed by atoms with van der Waals surface area (Å²) in [6.45, 7) is 0.645. The van der Waals surface area contributed by atoms with Crippen LogP contribution in [0, 0.1) is 0 Å². The molecule has 0 bridgehead atoms. The highest BCUT2D eigenvalue weighted by molar-refractivity contribution is 7.10. The fraction of sp³-hybridized carbons (Fsp3) is 0.267. The van der Waals surface area contributed by atoms with E-state index in [2.05, 4.69) is 10.3 Å². The molecule has 3 heterocycles. The van der Waals surface area contributed by atoms with Gasteiger partial charge in [0.1, 0.15) is 0 Å². The zero-order valence-electron chi connectivity index (χ0n) is 11.7. The van der Waals surface area contributed by atoms with Crippen LogP contribution in [0.1, 0.15) is 11.3 Å². The maximum absolute atomic E-state index is 11.0. The lowest BCUT2D eigenvalue weighted by Crippen LogP contribution is -2.35. The number of nitrogens with one attached hydrogen (secondary N) is 1. The van der Waals surface area contributed by atoms with Crippen molar-refractivity contribution in [3.63, 3.8) is 0 Å². The molecule has 0 saturated carbocycles. The lowest BCUT2D eigenvalue weighted by atomic mass is 10.1. The molecule has 0 fully saturated rings. The molecule has 0 radical (unpaired) electrons. The smallest absolute Gasteiger partial charge is 0.245 e. The Morgan fingerprint density at radius 2 is 2.29 bits per heavy atom. The molecule has 0 aliphatic heterocycles. The van der Waals surface area contributed by atoms with E-state index in [1.165, 1.54) is 11.3 Å². The van der Waals surface area contributed by atoms with Gasteiger partial charge >= 0.3 is 0 Å². The number of aliphatic hydroxyl groups is 1. The standard InChI is InChI=1S/C15H17N3O2S/c1-16-7-6-15(19,13-5-3-11-21-13)20-12-4-2-9-18-10-8-17-14(12)18/h2-5,8-11,16,19H,6-7H2,1H3. The molecule has 110 valence electrons. The molecule has 0 saturated heterocycles. The third-order valence-corrected chi connectivity index (χ3v) is 4.28. The summed E-state index contributed by atoms with van der Waals surface area (Å²) in [5, 5.41) is 15.9. The molecule has 0 aromatic carbocycles. The molecular weight excluding hydrogens is 286 g/mol. The van der Waals surface area contributed by atoms with Crippen molar-refractivity contribution < 1.29 is 9.84 Å². The Morgan fingerprint density at radius 1 is 1.38 bits per heavy atom. The van der Waals surface area contributed by atoms with Crippen LogP contribution in [-0.2, 0) is 5.79 Å². The van der Waals surface area contributed by atoms with Gasteiger partial charge in [-0.1, -0.05) is 6.07 Å². The molecule has 21 heavy (non-hydrogen) atoms. The Hall–Kier alpha value is -1.89. The topological polar surface area (TPSA) is 58.8 Å². The van der Waals surface area contributed by atoms with Crippen molar-refractivity contribution in [3.05, 3.63) is 53.1 Å². The van der Waals surface area contributed by atoms with Crippen LogP contribution in [0.25, 0.3) is 5.65 Å². The summed E-state index contributed by atoms with van der Waals surface area (Å²) < 4.78 is 7.83. The van der Waals surface area contributed by atoms with Gasteiger partial charge in [-0.3, -0.25) is 0 Å². The van der Waals surface area contributed by atoms with Gasteiger partial charge in [-0.2, -0.15) is 0 Å². The van der Waals surface area contributed by atoms with Gasteiger partial charge in [0.05, 0.1) is 4.88 Å². The maximum atomic E-state index is 11.0. The molecule has 0 spiro atoms. The Kier molecular flexibility index (Phi) is 3.92. The lowest BCUT2D eigenvalue weighted by molar-refractivity contribution is -0.146. The van der Waals surface area contributed by atoms with Gasteiger partial charge in [0.2, 0.25) is 5.79 Å². The van der Waals surface area contributed by atoms with E-state index in [0.29, 0.717) is 24.4 Å². The van der Waals surface area contributed by atoms with Crippen LogP contribution in [-0.4, -0.2) is 28.1 Å². The van der Waals surface area contributed by atoms with E-state index in [9.17, 15) is 5.11 Å². The van der Waals surface area contributed by atoms with E-state index in [1.807, 2.05) is 53.5 Å². The van der Waals surface area contributed by atoms with Gasteiger partial charge in [0.15, 0.2) is 11.4 Å². The molecular formula is C15H17N3O2S. The first-order valence-corrected chi connectivity index (χ1v) is 7.62. The van der Waals surface area contributed by atoms with Gasteiger partial charge < -0.3 is 19.6 Å². The maximum Gasteiger partial charge on any atom is 0.245 e. The second kappa shape index (κ2) is 5.85. The molecule has 3 rings (SSSR count). The van der Waals surface area contributed by atoms with Gasteiger partial charge in [0, 0.05) is 31.6 Å². The first-order chi connectivity index (χ1) is 10.2. The van der Waals surface area contributed by atoms with E-state index in [4.69, 9.17) is 4.74 Å². The minimum absolute atomic E-state index is 0.450. The zero-order valence-corrected chi connectivity index (χ0v) is 12.5. The van der Waals surface area contributed by atoms with Crippen molar-refractivity contribution in [1.82, 2.24) is 14.7 Å². The number of thiophene rings is 1. The third kappa shape index (κ3) is 2.78. The van der Waals surface area contributed by atoms with E-state index in [0.717, 1.165) is 4.88 Å². The molecule has 5 nitrogen and oxygen atoms in total. The van der Waals surface area contributed by atoms with Gasteiger partial charge in [-0.05, 0) is 30.6 Å². The number of pyridine rings is 1. The number of hydrogen-bond donors (Lipinski definition) is 2. The summed E-state index contributed by atoms with van der Waals surface area (Å²) in [7, 11) is 1.85. The normalized spacial score (nSPS) is 14.2. The summed E-state index contributed by atoms with van der Waals surface area (Å²) in [5.41, 5.74) is 0.692. The zero-order chi connectivity index (χ0) is 14.7. The summed E-state index contributed by atoms with van der Waals surface area (Å²) in [5.74, 6) is -0.792. The van der Waals surface area contributed by atoms with Gasteiger partial charge in [0.25, 0.3) is 0 Å². The molecule has 1 unspecified atom stereocenters. The second-order valence-electron chi connectivity index (χ2n) is 4.75. The minimum Gasteiger partial charge on any atom is -0.453 e. The molecule has 2 N–H and O–H groups in total. The largest absolute Gasteiger partial charge is 0.453 e. The number of rotatable bonds is 6. The SMILES string of the molecule is CNCCC(O)(Oc1cccn2ccnc12)c1cccs1. The highest BCUT2D eigenvalue weighted by Gasteiger charge is 2.33. The van der Waals surface area contributed by atoms with Crippen LogP contribution in [0.2, 0.25) is 0 Å². The summed E-state index contributed by atoms with van der Waals surface area (Å²) in [6, 6.07) is 7.48. The molecule has 3 aromatic heterocycles. The fourth-order valence-corrected chi connectivity index (χ4v) is 2.99. The van der Waals surface area contributed by atoms with Crippen molar-refractivity contribution >= 4 is 17.0 Å².